The Kier molecular flexibility index (Phi) is 2.77. The van der Waals surface area contributed by atoms with Crippen LogP contribution < -0.4 is 0 Å². The first-order valence-corrected chi connectivity index (χ1v) is 7.57. The van der Waals surface area contributed by atoms with Crippen molar-refractivity contribution in [1.29, 1.82) is 0 Å². The molecule has 1 aromatic rings. The minimum Gasteiger partial charge on any atom is -0.481 e. The summed E-state index contributed by atoms with van der Waals surface area (Å²) in [7, 11) is -3.25. The Hall–Kier alpha value is -1.36. The van der Waals surface area contributed by atoms with Crippen LogP contribution in [0.25, 0.3) is 0 Å². The summed E-state index contributed by atoms with van der Waals surface area (Å²) in [6.07, 6.45) is 1.15. The summed E-state index contributed by atoms with van der Waals surface area (Å²) >= 11 is 0. The molecule has 0 radical (unpaired) electrons. The van der Waals surface area contributed by atoms with E-state index in [9.17, 15) is 13.2 Å². The van der Waals surface area contributed by atoms with Gasteiger partial charge in [0.15, 0.2) is 9.84 Å². The van der Waals surface area contributed by atoms with Gasteiger partial charge in [0.1, 0.15) is 0 Å². The van der Waals surface area contributed by atoms with E-state index in [1.807, 2.05) is 13.8 Å². The largest absolute Gasteiger partial charge is 0.481 e. The minimum absolute atomic E-state index is 0.114. The number of carboxylic acid groups (broad SMARTS) is 1. The Morgan fingerprint density at radius 2 is 1.94 bits per heavy atom. The summed E-state index contributed by atoms with van der Waals surface area (Å²) in [5.74, 6) is -1.38. The molecule has 0 bridgehead atoms. The molecule has 0 aliphatic heterocycles. The predicted molar refractivity (Wildman–Crippen MR) is 67.2 cm³/mol. The fourth-order valence-corrected chi connectivity index (χ4v) is 3.34. The molecular weight excluding hydrogens is 252 g/mol. The average molecular weight is 268 g/mol. The third-order valence-corrected chi connectivity index (χ3v) is 4.85. The lowest BCUT2D eigenvalue weighted by Gasteiger charge is -2.05. The number of carboxylic acids is 1. The molecule has 0 aromatic heterocycles. The molecule has 2 unspecified atom stereocenters. The quantitative estimate of drug-likeness (QED) is 0.909. The van der Waals surface area contributed by atoms with Gasteiger partial charge in [0.05, 0.1) is 10.8 Å². The van der Waals surface area contributed by atoms with Crippen molar-refractivity contribution in [3.8, 4) is 0 Å². The number of aliphatic carboxylic acids is 1. The van der Waals surface area contributed by atoms with Crippen LogP contribution >= 0.6 is 0 Å². The second-order valence-electron chi connectivity index (χ2n) is 5.46. The second kappa shape index (κ2) is 3.82. The van der Waals surface area contributed by atoms with Crippen LogP contribution in [0.3, 0.4) is 0 Å². The Bertz CT molecular complexity index is 601. The van der Waals surface area contributed by atoms with Gasteiger partial charge in [-0.3, -0.25) is 4.79 Å². The zero-order chi connectivity index (χ0) is 13.7. The van der Waals surface area contributed by atoms with Gasteiger partial charge < -0.3 is 5.11 Å². The van der Waals surface area contributed by atoms with E-state index in [-0.39, 0.29) is 16.2 Å². The molecule has 1 fully saturated rings. The molecule has 2 rings (SSSR count). The molecule has 1 aliphatic rings. The van der Waals surface area contributed by atoms with Crippen LogP contribution in [0.4, 0.5) is 0 Å². The fraction of sp³-hybridized carbons (Fsp3) is 0.462. The van der Waals surface area contributed by atoms with Crippen LogP contribution in [0.2, 0.25) is 0 Å². The van der Waals surface area contributed by atoms with E-state index >= 15 is 0 Å². The Balaban J connectivity index is 2.40. The Morgan fingerprint density at radius 1 is 1.33 bits per heavy atom. The summed E-state index contributed by atoms with van der Waals surface area (Å²) in [4.78, 5) is 11.4. The molecule has 1 N–H and O–H groups in total. The van der Waals surface area contributed by atoms with Gasteiger partial charge in [-0.25, -0.2) is 8.42 Å². The molecule has 1 saturated carbocycles. The van der Waals surface area contributed by atoms with Gasteiger partial charge in [-0.1, -0.05) is 26.0 Å². The lowest BCUT2D eigenvalue weighted by atomic mass is 10.0. The highest BCUT2D eigenvalue weighted by Crippen LogP contribution is 2.64. The van der Waals surface area contributed by atoms with Crippen molar-refractivity contribution in [3.05, 3.63) is 29.8 Å². The zero-order valence-electron chi connectivity index (χ0n) is 10.5. The number of hydrogen-bond acceptors (Lipinski definition) is 3. The zero-order valence-corrected chi connectivity index (χ0v) is 11.4. The molecule has 18 heavy (non-hydrogen) atoms. The molecule has 2 atom stereocenters. The highest BCUT2D eigenvalue weighted by atomic mass is 32.2. The standard InChI is InChI=1S/C13H16O4S/c1-13(2)10(11(13)12(14)15)8-5-4-6-9(7-8)18(3,16)17/h4-7,10-11H,1-3H3,(H,14,15). The summed E-state index contributed by atoms with van der Waals surface area (Å²) in [5, 5.41) is 9.13. The van der Waals surface area contributed by atoms with E-state index in [4.69, 9.17) is 5.11 Å². The highest BCUT2D eigenvalue weighted by Gasteiger charge is 2.62. The topological polar surface area (TPSA) is 71.4 Å². The van der Waals surface area contributed by atoms with Gasteiger partial charge in [-0.15, -0.1) is 0 Å². The van der Waals surface area contributed by atoms with Gasteiger partial charge in [0.25, 0.3) is 0 Å². The normalized spacial score (nSPS) is 25.7. The number of hydrogen-bond donors (Lipinski definition) is 1. The molecule has 0 heterocycles. The maximum atomic E-state index is 11.5. The van der Waals surface area contributed by atoms with Crippen molar-refractivity contribution in [2.45, 2.75) is 24.7 Å². The van der Waals surface area contributed by atoms with E-state index in [0.717, 1.165) is 11.8 Å². The molecule has 5 heteroatoms. The molecule has 0 spiro atoms. The second-order valence-corrected chi connectivity index (χ2v) is 7.48. The average Bonchev–Trinajstić information content (AvgIpc) is 2.81. The third-order valence-electron chi connectivity index (χ3n) is 3.74. The van der Waals surface area contributed by atoms with Crippen LogP contribution in [-0.4, -0.2) is 25.7 Å². The summed E-state index contributed by atoms with van der Waals surface area (Å²) in [5.41, 5.74) is 0.470. The SMILES string of the molecule is CC1(C)C(C(=O)O)C1c1cccc(S(C)(=O)=O)c1. The van der Waals surface area contributed by atoms with Gasteiger partial charge in [0, 0.05) is 12.2 Å². The summed E-state index contributed by atoms with van der Waals surface area (Å²) in [6.45, 7) is 3.78. The molecule has 98 valence electrons. The molecule has 4 nitrogen and oxygen atoms in total. The van der Waals surface area contributed by atoms with E-state index in [0.29, 0.717) is 0 Å². The number of benzene rings is 1. The molecule has 1 aromatic carbocycles. The van der Waals surface area contributed by atoms with Crippen molar-refractivity contribution in [3.63, 3.8) is 0 Å². The van der Waals surface area contributed by atoms with Gasteiger partial charge in [-0.2, -0.15) is 0 Å². The maximum absolute atomic E-state index is 11.5. The van der Waals surface area contributed by atoms with E-state index in [2.05, 4.69) is 0 Å². The van der Waals surface area contributed by atoms with Gasteiger partial charge in [-0.05, 0) is 23.1 Å². The predicted octanol–water partition coefficient (Wildman–Crippen LogP) is 1.91. The van der Waals surface area contributed by atoms with Crippen molar-refractivity contribution in [2.75, 3.05) is 6.26 Å². The van der Waals surface area contributed by atoms with E-state index in [1.54, 1.807) is 18.2 Å². The third kappa shape index (κ3) is 2.03. The first-order valence-electron chi connectivity index (χ1n) is 5.68. The minimum atomic E-state index is -3.25. The lowest BCUT2D eigenvalue weighted by Crippen LogP contribution is -2.03. The van der Waals surface area contributed by atoms with Gasteiger partial charge >= 0.3 is 5.97 Å². The number of carbonyl (C=O) groups is 1. The van der Waals surface area contributed by atoms with Crippen LogP contribution in [0.15, 0.2) is 29.2 Å². The highest BCUT2D eigenvalue weighted by molar-refractivity contribution is 7.90. The Morgan fingerprint density at radius 3 is 2.39 bits per heavy atom. The molecule has 0 saturated heterocycles. The Labute approximate surface area is 107 Å². The summed E-state index contributed by atoms with van der Waals surface area (Å²) in [6, 6.07) is 6.58. The molecular formula is C13H16O4S. The van der Waals surface area contributed by atoms with Crippen LogP contribution in [-0.2, 0) is 14.6 Å². The van der Waals surface area contributed by atoms with E-state index in [1.165, 1.54) is 6.07 Å². The van der Waals surface area contributed by atoms with Crippen LogP contribution in [0, 0.1) is 11.3 Å². The number of rotatable bonds is 3. The van der Waals surface area contributed by atoms with Crippen LogP contribution in [0.1, 0.15) is 25.3 Å². The smallest absolute Gasteiger partial charge is 0.307 e. The molecule has 1 aliphatic carbocycles. The lowest BCUT2D eigenvalue weighted by molar-refractivity contribution is -0.139. The fourth-order valence-electron chi connectivity index (χ4n) is 2.66. The van der Waals surface area contributed by atoms with Gasteiger partial charge in [0.2, 0.25) is 0 Å². The van der Waals surface area contributed by atoms with E-state index < -0.39 is 21.7 Å². The first kappa shape index (κ1) is 13.1. The maximum Gasteiger partial charge on any atom is 0.307 e. The number of sulfone groups is 1. The van der Waals surface area contributed by atoms with Crippen molar-refractivity contribution in [1.82, 2.24) is 0 Å². The first-order chi connectivity index (χ1) is 8.15. The van der Waals surface area contributed by atoms with Crippen molar-refractivity contribution >= 4 is 15.8 Å². The van der Waals surface area contributed by atoms with Crippen molar-refractivity contribution in [2.24, 2.45) is 11.3 Å². The molecule has 0 amide bonds. The van der Waals surface area contributed by atoms with Crippen LogP contribution in [0.5, 0.6) is 0 Å². The van der Waals surface area contributed by atoms with Crippen molar-refractivity contribution < 1.29 is 18.3 Å². The summed E-state index contributed by atoms with van der Waals surface area (Å²) < 4.78 is 23.0. The monoisotopic (exact) mass is 268 g/mol.